The summed E-state index contributed by atoms with van der Waals surface area (Å²) in [6.45, 7) is 4.21. The molecule has 0 aromatic heterocycles. The molecule has 0 radical (unpaired) electrons. The van der Waals surface area contributed by atoms with Crippen LogP contribution in [-0.4, -0.2) is 86.1 Å². The van der Waals surface area contributed by atoms with Crippen LogP contribution in [0.2, 0.25) is 0 Å². The molecular weight excluding hydrogens is 693 g/mol. The number of rotatable bonds is 36. The maximum atomic E-state index is 12.6. The zero-order valence-electron chi connectivity index (χ0n) is 34.1. The van der Waals surface area contributed by atoms with Gasteiger partial charge in [-0.3, -0.25) is 18.6 Å². The Morgan fingerprint density at radius 2 is 1.26 bits per heavy atom. The van der Waals surface area contributed by atoms with Gasteiger partial charge in [0.25, 0.3) is 0 Å². The van der Waals surface area contributed by atoms with Crippen molar-refractivity contribution in [3.8, 4) is 0 Å². The van der Waals surface area contributed by atoms with E-state index in [2.05, 4.69) is 19.9 Å². The number of hydrogen-bond donors (Lipinski definition) is 2. The molecule has 308 valence electrons. The van der Waals surface area contributed by atoms with E-state index in [-0.39, 0.29) is 26.1 Å². The van der Waals surface area contributed by atoms with Gasteiger partial charge in [0.1, 0.15) is 19.8 Å². The van der Waals surface area contributed by atoms with Crippen molar-refractivity contribution in [2.75, 3.05) is 47.5 Å². The van der Waals surface area contributed by atoms with Crippen LogP contribution in [0.4, 0.5) is 0 Å². The number of nitrogens with zero attached hydrogens (tertiary/aromatic N) is 1. The predicted molar refractivity (Wildman–Crippen MR) is 216 cm³/mol. The monoisotopic (exact) mass is 771 g/mol. The Kier molecular flexibility index (Phi) is 33.1. The summed E-state index contributed by atoms with van der Waals surface area (Å²) in [5, 5.41) is 10.1. The third kappa shape index (κ3) is 38.0. The smallest absolute Gasteiger partial charge is 0.462 e. The second-order valence-corrected chi connectivity index (χ2v) is 16.3. The van der Waals surface area contributed by atoms with Crippen molar-refractivity contribution in [1.82, 2.24) is 0 Å². The molecule has 0 aliphatic carbocycles. The number of phosphoric ester groups is 1. The first-order valence-corrected chi connectivity index (χ1v) is 22.0. The van der Waals surface area contributed by atoms with Gasteiger partial charge in [0.2, 0.25) is 0 Å². The number of hydrogen-bond acceptors (Lipinski definition) is 8. The van der Waals surface area contributed by atoms with Crippen LogP contribution >= 0.6 is 7.82 Å². The summed E-state index contributed by atoms with van der Waals surface area (Å²) in [6.07, 6.45) is 34.8. The molecule has 0 saturated heterocycles. The van der Waals surface area contributed by atoms with Crippen molar-refractivity contribution in [3.05, 3.63) is 48.6 Å². The van der Waals surface area contributed by atoms with Crippen molar-refractivity contribution in [3.63, 3.8) is 0 Å². The molecule has 0 aliphatic heterocycles. The average Bonchev–Trinajstić information content (AvgIpc) is 3.10. The average molecular weight is 771 g/mol. The van der Waals surface area contributed by atoms with Crippen LogP contribution in [0, 0.1) is 0 Å². The number of esters is 2. The van der Waals surface area contributed by atoms with Gasteiger partial charge >= 0.3 is 19.8 Å². The number of carbonyl (C=O) groups excluding carboxylic acids is 2. The van der Waals surface area contributed by atoms with Crippen LogP contribution in [0.15, 0.2) is 48.6 Å². The summed E-state index contributed by atoms with van der Waals surface area (Å²) in [5.74, 6) is -0.909. The largest absolute Gasteiger partial charge is 0.472 e. The molecule has 0 bridgehead atoms. The van der Waals surface area contributed by atoms with Gasteiger partial charge in [-0.2, -0.15) is 0 Å². The highest BCUT2D eigenvalue weighted by Crippen LogP contribution is 2.43. The standard InChI is InChI=1S/C42H76NO9P/c1-6-8-10-12-14-15-16-17-21-26-30-34-42(46)52-40(38-51-53(47,48)50-36-35-43(3,4)5)37-49-41(45)33-29-25-22-18-20-24-28-32-39(44)31-27-23-19-13-11-9-7-2/h18-19,22-24,27-28,31,39-40,44H,6-17,20-21,25-26,29-30,32-38H2,1-5H3/p+1/b22-18+,23-19-,28-24-,31-27-/t39-,40-/m1/s1. The van der Waals surface area contributed by atoms with Gasteiger partial charge in [-0.25, -0.2) is 4.57 Å². The number of aliphatic hydroxyl groups excluding tert-OH is 1. The van der Waals surface area contributed by atoms with Crippen molar-refractivity contribution in [2.24, 2.45) is 0 Å². The second kappa shape index (κ2) is 34.4. The first-order valence-electron chi connectivity index (χ1n) is 20.5. The molecule has 0 saturated carbocycles. The Balaban J connectivity index is 4.55. The highest BCUT2D eigenvalue weighted by Gasteiger charge is 2.27. The van der Waals surface area contributed by atoms with Crippen molar-refractivity contribution in [1.29, 1.82) is 0 Å². The molecule has 10 nitrogen and oxygen atoms in total. The quantitative estimate of drug-likeness (QED) is 0.0160. The highest BCUT2D eigenvalue weighted by molar-refractivity contribution is 7.47. The van der Waals surface area contributed by atoms with E-state index in [1.54, 1.807) is 6.08 Å². The van der Waals surface area contributed by atoms with Gasteiger partial charge in [0.05, 0.1) is 33.9 Å². The van der Waals surface area contributed by atoms with E-state index >= 15 is 0 Å². The lowest BCUT2D eigenvalue weighted by Crippen LogP contribution is -2.37. The van der Waals surface area contributed by atoms with E-state index in [0.29, 0.717) is 36.7 Å². The molecule has 0 spiro atoms. The SMILES string of the molecule is CCCCC/C=C\C=C/[C@@H](O)C/C=C\C/C=C/CCCC(=O)OC[C@H](COP(=O)(O)OCC[N+](C)(C)C)OC(=O)CCCCCCCCCCCCC. The number of allylic oxidation sites excluding steroid dienone is 6. The predicted octanol–water partition coefficient (Wildman–Crippen LogP) is 10.1. The van der Waals surface area contributed by atoms with Gasteiger partial charge in [0, 0.05) is 12.8 Å². The maximum absolute atomic E-state index is 12.6. The molecule has 0 aromatic rings. The fraction of sp³-hybridized carbons (Fsp3) is 0.762. The molecule has 0 amide bonds. The van der Waals surface area contributed by atoms with Crippen LogP contribution in [-0.2, 0) is 32.7 Å². The summed E-state index contributed by atoms with van der Waals surface area (Å²) < 4.78 is 34.1. The first kappa shape index (κ1) is 50.9. The molecule has 2 N–H and O–H groups in total. The van der Waals surface area contributed by atoms with E-state index in [1.807, 2.05) is 57.6 Å². The van der Waals surface area contributed by atoms with Crippen molar-refractivity contribution >= 4 is 19.8 Å². The van der Waals surface area contributed by atoms with Gasteiger partial charge in [-0.05, 0) is 44.9 Å². The van der Waals surface area contributed by atoms with Crippen LogP contribution in [0.1, 0.15) is 149 Å². The molecule has 0 rings (SSSR count). The third-order valence-corrected chi connectivity index (χ3v) is 9.43. The topological polar surface area (TPSA) is 129 Å². The summed E-state index contributed by atoms with van der Waals surface area (Å²) in [5.41, 5.74) is 0. The van der Waals surface area contributed by atoms with Crippen LogP contribution in [0.3, 0.4) is 0 Å². The van der Waals surface area contributed by atoms with Crippen molar-refractivity contribution in [2.45, 2.75) is 161 Å². The molecule has 0 heterocycles. The zero-order chi connectivity index (χ0) is 39.5. The van der Waals surface area contributed by atoms with Crippen LogP contribution < -0.4 is 0 Å². The number of unbranched alkanes of at least 4 members (excludes halogenated alkanes) is 14. The number of aliphatic hydroxyl groups is 1. The van der Waals surface area contributed by atoms with Crippen LogP contribution in [0.5, 0.6) is 0 Å². The zero-order valence-corrected chi connectivity index (χ0v) is 35.0. The minimum atomic E-state index is -4.39. The Morgan fingerprint density at radius 1 is 0.679 bits per heavy atom. The lowest BCUT2D eigenvalue weighted by atomic mass is 10.1. The lowest BCUT2D eigenvalue weighted by molar-refractivity contribution is -0.870. The molecule has 11 heteroatoms. The second-order valence-electron chi connectivity index (χ2n) is 14.9. The van der Waals surface area contributed by atoms with Gasteiger partial charge < -0.3 is 24.0 Å². The summed E-state index contributed by atoms with van der Waals surface area (Å²) in [7, 11) is 1.41. The first-order chi connectivity index (χ1) is 25.4. The summed E-state index contributed by atoms with van der Waals surface area (Å²) in [6, 6.07) is 0. The molecule has 0 aromatic carbocycles. The highest BCUT2D eigenvalue weighted by atomic mass is 31.2. The molecule has 0 aliphatic rings. The molecule has 3 atom stereocenters. The van der Waals surface area contributed by atoms with Gasteiger partial charge in [-0.1, -0.05) is 140 Å². The summed E-state index contributed by atoms with van der Waals surface area (Å²) >= 11 is 0. The van der Waals surface area contributed by atoms with E-state index < -0.39 is 38.6 Å². The fourth-order valence-electron chi connectivity index (χ4n) is 5.14. The minimum Gasteiger partial charge on any atom is -0.462 e. The van der Waals surface area contributed by atoms with Gasteiger partial charge in [-0.15, -0.1) is 0 Å². The van der Waals surface area contributed by atoms with E-state index in [1.165, 1.54) is 64.2 Å². The van der Waals surface area contributed by atoms with E-state index in [9.17, 15) is 24.2 Å². The van der Waals surface area contributed by atoms with Crippen molar-refractivity contribution < 1.29 is 47.2 Å². The normalized spacial score (nSPS) is 14.8. The van der Waals surface area contributed by atoms with E-state index in [4.69, 9.17) is 18.5 Å². The van der Waals surface area contributed by atoms with Crippen LogP contribution in [0.25, 0.3) is 0 Å². The number of ether oxygens (including phenoxy) is 2. The molecule has 53 heavy (non-hydrogen) atoms. The summed E-state index contributed by atoms with van der Waals surface area (Å²) in [4.78, 5) is 35.2. The molecular formula is C42H77NO9P+. The van der Waals surface area contributed by atoms with E-state index in [0.717, 1.165) is 32.1 Å². The molecule has 1 unspecified atom stereocenters. The Labute approximate surface area is 323 Å². The Hall–Kier alpha value is -2.07. The Bertz CT molecular complexity index is 1070. The minimum absolute atomic E-state index is 0.0123. The van der Waals surface area contributed by atoms with Gasteiger partial charge in [0.15, 0.2) is 6.10 Å². The maximum Gasteiger partial charge on any atom is 0.472 e. The number of phosphoric acid groups is 1. The Morgan fingerprint density at radius 3 is 1.92 bits per heavy atom. The number of carbonyl (C=O) groups is 2. The number of likely N-dealkylation sites (N-methyl/N-ethyl adjacent to an activating group) is 1. The number of quaternary nitrogens is 1. The lowest BCUT2D eigenvalue weighted by Gasteiger charge is -2.24. The third-order valence-electron chi connectivity index (χ3n) is 8.44. The fourth-order valence-corrected chi connectivity index (χ4v) is 5.89. The molecule has 0 fully saturated rings.